The maximum absolute atomic E-state index is 11.4. The maximum atomic E-state index is 11.4. The van der Waals surface area contributed by atoms with Gasteiger partial charge in [0, 0.05) is 17.9 Å². The lowest BCUT2D eigenvalue weighted by Gasteiger charge is -2.08. The van der Waals surface area contributed by atoms with E-state index in [1.165, 1.54) is 0 Å². The number of aliphatic hydroxyl groups is 1. The van der Waals surface area contributed by atoms with E-state index in [1.54, 1.807) is 24.3 Å². The van der Waals surface area contributed by atoms with E-state index in [4.69, 9.17) is 21.0 Å². The molecule has 0 atom stereocenters. The number of amidine groups is 1. The van der Waals surface area contributed by atoms with E-state index in [-0.39, 0.29) is 19.0 Å². The van der Waals surface area contributed by atoms with E-state index in [0.717, 1.165) is 6.42 Å². The number of unbranched alkanes of at least 4 members (excludes halogenated alkanes) is 2. The molecule has 1 rings (SSSR count). The van der Waals surface area contributed by atoms with Crippen molar-refractivity contribution in [2.24, 2.45) is 0 Å². The molecule has 19 heavy (non-hydrogen) atoms. The molecule has 0 aliphatic rings. The highest BCUT2D eigenvalue weighted by Gasteiger charge is 2.07. The highest BCUT2D eigenvalue weighted by atomic mass is 16.5. The van der Waals surface area contributed by atoms with E-state index in [2.05, 4.69) is 5.32 Å². The summed E-state index contributed by atoms with van der Waals surface area (Å²) < 4.78 is 4.91. The van der Waals surface area contributed by atoms with Gasteiger partial charge in [0.2, 0.25) is 0 Å². The number of aliphatic hydroxyl groups excluding tert-OH is 1. The molecule has 0 aliphatic carbocycles. The second kappa shape index (κ2) is 8.10. The first-order valence-corrected chi connectivity index (χ1v) is 6.12. The first kappa shape index (κ1) is 15.0. The Bertz CT molecular complexity index is 418. The number of ether oxygens (including phenoxy) is 1. The standard InChI is InChI=1S/C13H19N3O3/c14-11-6-4-10(5-7-11)12(15)16-13(18)19-9-3-1-2-8-17/h4-7,17H,1-3,8-9,14H2,(H2,15,16,18). The van der Waals surface area contributed by atoms with Crippen LogP contribution in [0, 0.1) is 5.41 Å². The second-order valence-corrected chi connectivity index (χ2v) is 4.04. The van der Waals surface area contributed by atoms with Gasteiger partial charge >= 0.3 is 6.09 Å². The highest BCUT2D eigenvalue weighted by Crippen LogP contribution is 2.05. The number of carbonyl (C=O) groups is 1. The lowest BCUT2D eigenvalue weighted by Crippen LogP contribution is -2.31. The number of carbonyl (C=O) groups excluding carboxylic acids is 1. The second-order valence-electron chi connectivity index (χ2n) is 4.04. The van der Waals surface area contributed by atoms with E-state index in [0.29, 0.717) is 24.1 Å². The monoisotopic (exact) mass is 265 g/mol. The van der Waals surface area contributed by atoms with Gasteiger partial charge < -0.3 is 15.6 Å². The van der Waals surface area contributed by atoms with E-state index in [1.807, 2.05) is 0 Å². The van der Waals surface area contributed by atoms with Crippen molar-refractivity contribution in [2.75, 3.05) is 18.9 Å². The van der Waals surface area contributed by atoms with Crippen LogP contribution in [0.15, 0.2) is 24.3 Å². The van der Waals surface area contributed by atoms with Crippen molar-refractivity contribution in [3.63, 3.8) is 0 Å². The van der Waals surface area contributed by atoms with Crippen molar-refractivity contribution < 1.29 is 14.6 Å². The van der Waals surface area contributed by atoms with Gasteiger partial charge in [-0.25, -0.2) is 4.79 Å². The molecule has 0 aromatic heterocycles. The zero-order valence-corrected chi connectivity index (χ0v) is 10.7. The van der Waals surface area contributed by atoms with Crippen molar-refractivity contribution in [1.82, 2.24) is 5.32 Å². The predicted octanol–water partition coefficient (Wildman–Crippen LogP) is 1.48. The minimum absolute atomic E-state index is 0.0274. The SMILES string of the molecule is N=C(NC(=O)OCCCCCO)c1ccc(N)cc1. The Balaban J connectivity index is 2.28. The number of nitrogens with one attached hydrogen (secondary N) is 2. The molecule has 5 N–H and O–H groups in total. The normalized spacial score (nSPS) is 9.95. The van der Waals surface area contributed by atoms with Crippen LogP contribution in [0.2, 0.25) is 0 Å². The number of hydrogen-bond donors (Lipinski definition) is 4. The van der Waals surface area contributed by atoms with E-state index >= 15 is 0 Å². The van der Waals surface area contributed by atoms with E-state index < -0.39 is 6.09 Å². The highest BCUT2D eigenvalue weighted by molar-refractivity contribution is 6.04. The number of benzene rings is 1. The summed E-state index contributed by atoms with van der Waals surface area (Å²) in [5.41, 5.74) is 6.69. The zero-order valence-electron chi connectivity index (χ0n) is 10.7. The van der Waals surface area contributed by atoms with Crippen LogP contribution in [0.25, 0.3) is 0 Å². The zero-order chi connectivity index (χ0) is 14.1. The number of alkyl carbamates (subject to hydrolysis) is 1. The molecule has 0 spiro atoms. The van der Waals surface area contributed by atoms with Crippen LogP contribution < -0.4 is 11.1 Å². The van der Waals surface area contributed by atoms with Crippen LogP contribution in [0.1, 0.15) is 24.8 Å². The van der Waals surface area contributed by atoms with Gasteiger partial charge in [-0.3, -0.25) is 10.7 Å². The molecule has 0 heterocycles. The van der Waals surface area contributed by atoms with Gasteiger partial charge in [-0.1, -0.05) is 0 Å². The molecule has 1 amide bonds. The van der Waals surface area contributed by atoms with Crippen LogP contribution in [0.3, 0.4) is 0 Å². The van der Waals surface area contributed by atoms with Gasteiger partial charge in [0.1, 0.15) is 5.84 Å². The van der Waals surface area contributed by atoms with Crippen molar-refractivity contribution in [3.8, 4) is 0 Å². The van der Waals surface area contributed by atoms with Gasteiger partial charge in [0.25, 0.3) is 0 Å². The van der Waals surface area contributed by atoms with Gasteiger partial charge in [-0.2, -0.15) is 0 Å². The smallest absolute Gasteiger partial charge is 0.412 e. The molecule has 0 bridgehead atoms. The summed E-state index contributed by atoms with van der Waals surface area (Å²) in [5, 5.41) is 18.6. The molecule has 0 saturated carbocycles. The first-order chi connectivity index (χ1) is 9.13. The Morgan fingerprint density at radius 3 is 2.58 bits per heavy atom. The van der Waals surface area contributed by atoms with Crippen LogP contribution in [-0.2, 0) is 4.74 Å². The Labute approximate surface area is 112 Å². The lowest BCUT2D eigenvalue weighted by molar-refractivity contribution is 0.148. The summed E-state index contributed by atoms with van der Waals surface area (Å²) >= 11 is 0. The van der Waals surface area contributed by atoms with Gasteiger partial charge in [0.15, 0.2) is 0 Å². The predicted molar refractivity (Wildman–Crippen MR) is 73.1 cm³/mol. The van der Waals surface area contributed by atoms with E-state index in [9.17, 15) is 4.79 Å². The van der Waals surface area contributed by atoms with Gasteiger partial charge in [0.05, 0.1) is 6.61 Å². The molecule has 104 valence electrons. The summed E-state index contributed by atoms with van der Waals surface area (Å²) in [6, 6.07) is 6.62. The molecular formula is C13H19N3O3. The van der Waals surface area contributed by atoms with Crippen LogP contribution in [0.4, 0.5) is 10.5 Å². The summed E-state index contributed by atoms with van der Waals surface area (Å²) in [5.74, 6) is -0.0274. The summed E-state index contributed by atoms with van der Waals surface area (Å²) in [6.45, 7) is 0.425. The fourth-order valence-electron chi connectivity index (χ4n) is 1.42. The average molecular weight is 265 g/mol. The Hall–Kier alpha value is -2.08. The summed E-state index contributed by atoms with van der Waals surface area (Å²) in [7, 11) is 0. The third kappa shape index (κ3) is 5.87. The molecule has 0 aliphatic heterocycles. The number of anilines is 1. The van der Waals surface area contributed by atoms with Crippen molar-refractivity contribution in [1.29, 1.82) is 5.41 Å². The molecule has 0 radical (unpaired) electrons. The van der Waals surface area contributed by atoms with Crippen LogP contribution in [-0.4, -0.2) is 30.2 Å². The van der Waals surface area contributed by atoms with Crippen molar-refractivity contribution >= 4 is 17.6 Å². The van der Waals surface area contributed by atoms with Gasteiger partial charge in [-0.15, -0.1) is 0 Å². The number of hydrogen-bond acceptors (Lipinski definition) is 5. The number of amides is 1. The molecule has 6 nitrogen and oxygen atoms in total. The molecule has 1 aromatic rings. The maximum Gasteiger partial charge on any atom is 0.412 e. The van der Waals surface area contributed by atoms with Crippen molar-refractivity contribution in [3.05, 3.63) is 29.8 Å². The van der Waals surface area contributed by atoms with Crippen LogP contribution >= 0.6 is 0 Å². The minimum atomic E-state index is -0.647. The van der Waals surface area contributed by atoms with Crippen LogP contribution in [0.5, 0.6) is 0 Å². The molecule has 6 heteroatoms. The Morgan fingerprint density at radius 2 is 1.95 bits per heavy atom. The number of rotatable bonds is 6. The van der Waals surface area contributed by atoms with Crippen molar-refractivity contribution in [2.45, 2.75) is 19.3 Å². The largest absolute Gasteiger partial charge is 0.449 e. The molecular weight excluding hydrogens is 246 g/mol. The molecule has 0 unspecified atom stereocenters. The number of nitrogens with two attached hydrogens (primary N) is 1. The number of nitrogen functional groups attached to an aromatic ring is 1. The molecule has 1 aromatic carbocycles. The molecule has 0 fully saturated rings. The average Bonchev–Trinajstić information content (AvgIpc) is 2.39. The third-order valence-electron chi connectivity index (χ3n) is 2.46. The fourth-order valence-corrected chi connectivity index (χ4v) is 1.42. The molecule has 0 saturated heterocycles. The fraction of sp³-hybridized carbons (Fsp3) is 0.385. The quantitative estimate of drug-likeness (QED) is 0.270. The Kier molecular flexibility index (Phi) is 6.38. The summed E-state index contributed by atoms with van der Waals surface area (Å²) in [6.07, 6.45) is 1.56. The van der Waals surface area contributed by atoms with Gasteiger partial charge in [-0.05, 0) is 43.5 Å². The topological polar surface area (TPSA) is 108 Å². The Morgan fingerprint density at radius 1 is 1.26 bits per heavy atom. The minimum Gasteiger partial charge on any atom is -0.449 e. The lowest BCUT2D eigenvalue weighted by atomic mass is 10.2. The third-order valence-corrected chi connectivity index (χ3v) is 2.46. The first-order valence-electron chi connectivity index (χ1n) is 6.12. The summed E-state index contributed by atoms with van der Waals surface area (Å²) in [4.78, 5) is 11.4.